The second-order valence-corrected chi connectivity index (χ2v) is 7.93. The SMILES string of the molecule is Cc1ccc(-c2ccc(OC(=O)COc3ccc(C(C)(C)C)cc3)cc2)cc1. The molecule has 0 saturated carbocycles. The summed E-state index contributed by atoms with van der Waals surface area (Å²) in [5.74, 6) is 0.732. The highest BCUT2D eigenvalue weighted by atomic mass is 16.6. The standard InChI is InChI=1S/C25H26O3/c1-18-5-7-19(8-6-18)20-9-13-23(14-10-20)28-24(26)17-27-22-15-11-21(12-16-22)25(2,3)4/h5-16H,17H2,1-4H3. The number of rotatable bonds is 5. The highest BCUT2D eigenvalue weighted by Gasteiger charge is 2.13. The van der Waals surface area contributed by atoms with Crippen molar-refractivity contribution in [3.8, 4) is 22.6 Å². The van der Waals surface area contributed by atoms with Crippen molar-refractivity contribution in [2.75, 3.05) is 6.61 Å². The third-order valence-electron chi connectivity index (χ3n) is 4.55. The molecule has 0 heterocycles. The van der Waals surface area contributed by atoms with E-state index in [-0.39, 0.29) is 12.0 Å². The Morgan fingerprint density at radius 1 is 0.750 bits per heavy atom. The molecule has 28 heavy (non-hydrogen) atoms. The van der Waals surface area contributed by atoms with E-state index in [1.807, 2.05) is 36.4 Å². The summed E-state index contributed by atoms with van der Waals surface area (Å²) in [5.41, 5.74) is 4.74. The molecule has 0 fully saturated rings. The third-order valence-corrected chi connectivity index (χ3v) is 4.55. The Hall–Kier alpha value is -3.07. The van der Waals surface area contributed by atoms with Crippen molar-refractivity contribution in [1.82, 2.24) is 0 Å². The lowest BCUT2D eigenvalue weighted by Gasteiger charge is -2.19. The predicted molar refractivity (Wildman–Crippen MR) is 113 cm³/mol. The van der Waals surface area contributed by atoms with Crippen molar-refractivity contribution in [2.24, 2.45) is 0 Å². The number of carbonyl (C=O) groups excluding carboxylic acids is 1. The fourth-order valence-corrected chi connectivity index (χ4v) is 2.82. The van der Waals surface area contributed by atoms with Crippen LogP contribution >= 0.6 is 0 Å². The molecule has 0 N–H and O–H groups in total. The molecule has 0 aliphatic heterocycles. The van der Waals surface area contributed by atoms with Gasteiger partial charge in [-0.3, -0.25) is 0 Å². The summed E-state index contributed by atoms with van der Waals surface area (Å²) >= 11 is 0. The molecule has 0 unspecified atom stereocenters. The van der Waals surface area contributed by atoms with Crippen LogP contribution < -0.4 is 9.47 Å². The minimum Gasteiger partial charge on any atom is -0.482 e. The van der Waals surface area contributed by atoms with Gasteiger partial charge in [-0.15, -0.1) is 0 Å². The zero-order valence-electron chi connectivity index (χ0n) is 16.9. The largest absolute Gasteiger partial charge is 0.482 e. The van der Waals surface area contributed by atoms with Crippen LogP contribution in [0.3, 0.4) is 0 Å². The van der Waals surface area contributed by atoms with Crippen molar-refractivity contribution in [3.05, 3.63) is 83.9 Å². The molecule has 0 bridgehead atoms. The van der Waals surface area contributed by atoms with Crippen molar-refractivity contribution in [2.45, 2.75) is 33.1 Å². The van der Waals surface area contributed by atoms with Crippen LogP contribution in [0.5, 0.6) is 11.5 Å². The molecule has 0 radical (unpaired) electrons. The normalized spacial score (nSPS) is 11.1. The molecule has 3 heteroatoms. The average Bonchev–Trinajstić information content (AvgIpc) is 2.67. The molecule has 0 spiro atoms. The molecule has 3 aromatic rings. The molecule has 3 nitrogen and oxygen atoms in total. The van der Waals surface area contributed by atoms with E-state index >= 15 is 0 Å². The van der Waals surface area contributed by atoms with Crippen LogP contribution in [0.4, 0.5) is 0 Å². The summed E-state index contributed by atoms with van der Waals surface area (Å²) in [6, 6.07) is 23.6. The van der Waals surface area contributed by atoms with Crippen molar-refractivity contribution < 1.29 is 14.3 Å². The zero-order valence-corrected chi connectivity index (χ0v) is 16.9. The van der Waals surface area contributed by atoms with E-state index in [2.05, 4.69) is 52.0 Å². The topological polar surface area (TPSA) is 35.5 Å². The number of hydrogen-bond donors (Lipinski definition) is 0. The van der Waals surface area contributed by atoms with Crippen LogP contribution in [0.1, 0.15) is 31.9 Å². The van der Waals surface area contributed by atoms with Crippen molar-refractivity contribution >= 4 is 5.97 Å². The van der Waals surface area contributed by atoms with Gasteiger partial charge in [0.2, 0.25) is 0 Å². The summed E-state index contributed by atoms with van der Waals surface area (Å²) in [6.07, 6.45) is 0. The first-order valence-corrected chi connectivity index (χ1v) is 9.42. The van der Waals surface area contributed by atoms with E-state index in [4.69, 9.17) is 9.47 Å². The second kappa shape index (κ2) is 8.30. The lowest BCUT2D eigenvalue weighted by atomic mass is 9.87. The van der Waals surface area contributed by atoms with Gasteiger partial charge in [-0.05, 0) is 53.3 Å². The van der Waals surface area contributed by atoms with Crippen LogP contribution in [0.25, 0.3) is 11.1 Å². The first-order chi connectivity index (χ1) is 13.3. The van der Waals surface area contributed by atoms with E-state index in [1.54, 1.807) is 12.1 Å². The monoisotopic (exact) mass is 374 g/mol. The minimum absolute atomic E-state index is 0.0855. The van der Waals surface area contributed by atoms with Crippen LogP contribution in [0.15, 0.2) is 72.8 Å². The smallest absolute Gasteiger partial charge is 0.349 e. The summed E-state index contributed by atoms with van der Waals surface area (Å²) in [7, 11) is 0. The first-order valence-electron chi connectivity index (χ1n) is 9.42. The Morgan fingerprint density at radius 3 is 1.79 bits per heavy atom. The number of hydrogen-bond acceptors (Lipinski definition) is 3. The molecule has 3 aromatic carbocycles. The van der Waals surface area contributed by atoms with Gasteiger partial charge in [0, 0.05) is 0 Å². The molecule has 0 aromatic heterocycles. The molecular formula is C25H26O3. The van der Waals surface area contributed by atoms with Crippen molar-refractivity contribution in [1.29, 1.82) is 0 Å². The summed E-state index contributed by atoms with van der Waals surface area (Å²) < 4.78 is 10.9. The molecule has 0 aliphatic carbocycles. The lowest BCUT2D eigenvalue weighted by molar-refractivity contribution is -0.136. The van der Waals surface area contributed by atoms with Crippen LogP contribution in [0.2, 0.25) is 0 Å². The predicted octanol–water partition coefficient (Wildman–Crippen LogP) is 5.94. The first kappa shape index (κ1) is 19.7. The minimum atomic E-state index is -0.428. The quantitative estimate of drug-likeness (QED) is 0.409. The Labute approximate surface area is 166 Å². The zero-order chi connectivity index (χ0) is 20.1. The fraction of sp³-hybridized carbons (Fsp3) is 0.240. The van der Waals surface area contributed by atoms with Gasteiger partial charge in [0.1, 0.15) is 11.5 Å². The van der Waals surface area contributed by atoms with E-state index in [0.717, 1.165) is 11.1 Å². The fourth-order valence-electron chi connectivity index (χ4n) is 2.82. The Balaban J connectivity index is 1.54. The maximum atomic E-state index is 12.1. The third kappa shape index (κ3) is 5.23. The van der Waals surface area contributed by atoms with Crippen LogP contribution in [0, 0.1) is 6.92 Å². The highest BCUT2D eigenvalue weighted by molar-refractivity contribution is 5.74. The second-order valence-electron chi connectivity index (χ2n) is 7.93. The molecule has 0 saturated heterocycles. The highest BCUT2D eigenvalue weighted by Crippen LogP contribution is 2.25. The number of aryl methyl sites for hydroxylation is 1. The Morgan fingerprint density at radius 2 is 1.25 bits per heavy atom. The van der Waals surface area contributed by atoms with E-state index in [9.17, 15) is 4.79 Å². The Kier molecular flexibility index (Phi) is 5.84. The summed E-state index contributed by atoms with van der Waals surface area (Å²) in [4.78, 5) is 12.1. The van der Waals surface area contributed by atoms with Gasteiger partial charge in [-0.1, -0.05) is 74.9 Å². The molecule has 0 atom stereocenters. The Bertz CT molecular complexity index is 916. The van der Waals surface area contributed by atoms with E-state index in [1.165, 1.54) is 11.1 Å². The van der Waals surface area contributed by atoms with Gasteiger partial charge in [0.05, 0.1) is 0 Å². The molecule has 0 aliphatic rings. The van der Waals surface area contributed by atoms with Gasteiger partial charge >= 0.3 is 5.97 Å². The summed E-state index contributed by atoms with van der Waals surface area (Å²) in [6.45, 7) is 8.40. The number of esters is 1. The summed E-state index contributed by atoms with van der Waals surface area (Å²) in [5, 5.41) is 0. The van der Waals surface area contributed by atoms with Crippen LogP contribution in [-0.4, -0.2) is 12.6 Å². The maximum absolute atomic E-state index is 12.1. The lowest BCUT2D eigenvalue weighted by Crippen LogP contribution is -2.17. The molecule has 3 rings (SSSR count). The molecular weight excluding hydrogens is 348 g/mol. The maximum Gasteiger partial charge on any atom is 0.349 e. The molecule has 144 valence electrons. The number of ether oxygens (including phenoxy) is 2. The van der Waals surface area contributed by atoms with Gasteiger partial charge < -0.3 is 9.47 Å². The average molecular weight is 374 g/mol. The number of benzene rings is 3. The molecule has 0 amide bonds. The van der Waals surface area contributed by atoms with E-state index in [0.29, 0.717) is 11.5 Å². The van der Waals surface area contributed by atoms with Crippen LogP contribution in [-0.2, 0) is 10.2 Å². The van der Waals surface area contributed by atoms with Gasteiger partial charge in [0.15, 0.2) is 6.61 Å². The van der Waals surface area contributed by atoms with Crippen molar-refractivity contribution in [3.63, 3.8) is 0 Å². The number of carbonyl (C=O) groups is 1. The van der Waals surface area contributed by atoms with Gasteiger partial charge in [0.25, 0.3) is 0 Å². The van der Waals surface area contributed by atoms with Gasteiger partial charge in [-0.25, -0.2) is 4.79 Å². The van der Waals surface area contributed by atoms with E-state index < -0.39 is 5.97 Å². The van der Waals surface area contributed by atoms with Gasteiger partial charge in [-0.2, -0.15) is 0 Å².